The van der Waals surface area contributed by atoms with Crippen LogP contribution in [0.2, 0.25) is 0 Å². The van der Waals surface area contributed by atoms with Crippen molar-refractivity contribution in [2.45, 2.75) is 20.3 Å². The molecular weight excluding hydrogens is 256 g/mol. The number of hydrogen-bond acceptors (Lipinski definition) is 3. The fraction of sp³-hybridized carbons (Fsp3) is 0.467. The molecule has 2 N–H and O–H groups in total. The first kappa shape index (κ1) is 14.5. The summed E-state index contributed by atoms with van der Waals surface area (Å²) in [4.78, 5) is 25.1. The minimum Gasteiger partial charge on any atom is -0.396 e. The van der Waals surface area contributed by atoms with Crippen LogP contribution in [0.15, 0.2) is 24.3 Å². The molecule has 5 nitrogen and oxygen atoms in total. The van der Waals surface area contributed by atoms with E-state index >= 15 is 0 Å². The van der Waals surface area contributed by atoms with Gasteiger partial charge in [-0.3, -0.25) is 9.59 Å². The zero-order valence-electron chi connectivity index (χ0n) is 11.8. The molecule has 0 aromatic heterocycles. The number of nitrogens with zero attached hydrogens (tertiary/aromatic N) is 1. The molecule has 2 amide bonds. The Labute approximate surface area is 118 Å². The summed E-state index contributed by atoms with van der Waals surface area (Å²) in [5.41, 5.74) is 1.52. The van der Waals surface area contributed by atoms with E-state index in [4.69, 9.17) is 5.11 Å². The zero-order valence-corrected chi connectivity index (χ0v) is 11.8. The number of carbonyl (C=O) groups excluding carboxylic acids is 2. The number of anilines is 2. The van der Waals surface area contributed by atoms with E-state index in [1.807, 2.05) is 26.0 Å². The first-order valence-electron chi connectivity index (χ1n) is 6.83. The molecule has 1 aliphatic rings. The van der Waals surface area contributed by atoms with Gasteiger partial charge in [0.2, 0.25) is 11.8 Å². The van der Waals surface area contributed by atoms with Gasteiger partial charge in [-0.1, -0.05) is 13.8 Å². The van der Waals surface area contributed by atoms with E-state index in [-0.39, 0.29) is 30.3 Å². The predicted molar refractivity (Wildman–Crippen MR) is 77.5 cm³/mol. The van der Waals surface area contributed by atoms with E-state index in [9.17, 15) is 9.59 Å². The van der Waals surface area contributed by atoms with Gasteiger partial charge in [-0.25, -0.2) is 0 Å². The van der Waals surface area contributed by atoms with E-state index in [0.29, 0.717) is 13.0 Å². The van der Waals surface area contributed by atoms with E-state index in [2.05, 4.69) is 5.32 Å². The van der Waals surface area contributed by atoms with Gasteiger partial charge in [-0.15, -0.1) is 0 Å². The van der Waals surface area contributed by atoms with Gasteiger partial charge in [0.05, 0.1) is 0 Å². The predicted octanol–water partition coefficient (Wildman–Crippen LogP) is 1.63. The van der Waals surface area contributed by atoms with Crippen molar-refractivity contribution in [2.75, 3.05) is 23.4 Å². The molecule has 0 saturated carbocycles. The van der Waals surface area contributed by atoms with Crippen LogP contribution in [0.4, 0.5) is 11.4 Å². The molecule has 108 valence electrons. The molecule has 1 saturated heterocycles. The lowest BCUT2D eigenvalue weighted by Crippen LogP contribution is -2.24. The molecule has 0 aliphatic carbocycles. The molecule has 1 atom stereocenters. The van der Waals surface area contributed by atoms with Gasteiger partial charge in [-0.2, -0.15) is 0 Å². The van der Waals surface area contributed by atoms with E-state index in [1.165, 1.54) is 0 Å². The van der Waals surface area contributed by atoms with Crippen molar-refractivity contribution in [1.29, 1.82) is 0 Å². The highest BCUT2D eigenvalue weighted by Crippen LogP contribution is 2.26. The number of benzene rings is 1. The van der Waals surface area contributed by atoms with Crippen molar-refractivity contribution in [2.24, 2.45) is 11.8 Å². The summed E-state index contributed by atoms with van der Waals surface area (Å²) >= 11 is 0. The number of aliphatic hydroxyl groups is 1. The second-order valence-electron chi connectivity index (χ2n) is 5.45. The summed E-state index contributed by atoms with van der Waals surface area (Å²) in [5.74, 6) is -0.0543. The molecule has 0 bridgehead atoms. The minimum absolute atomic E-state index is 0.0165. The highest BCUT2D eigenvalue weighted by molar-refractivity contribution is 5.96. The van der Waals surface area contributed by atoms with Gasteiger partial charge in [0.25, 0.3) is 0 Å². The van der Waals surface area contributed by atoms with Gasteiger partial charge >= 0.3 is 0 Å². The van der Waals surface area contributed by atoms with Gasteiger partial charge in [0.1, 0.15) is 0 Å². The maximum atomic E-state index is 11.8. The highest BCUT2D eigenvalue weighted by atomic mass is 16.3. The van der Waals surface area contributed by atoms with E-state index in [0.717, 1.165) is 11.4 Å². The second kappa shape index (κ2) is 6.05. The topological polar surface area (TPSA) is 69.6 Å². The smallest absolute Gasteiger partial charge is 0.227 e. The third-order valence-corrected chi connectivity index (χ3v) is 3.43. The SMILES string of the molecule is CC(C)C(=O)Nc1ccc(N2CC(CO)CC2=O)cc1. The van der Waals surface area contributed by atoms with Gasteiger partial charge in [0.15, 0.2) is 0 Å². The molecule has 0 radical (unpaired) electrons. The fourth-order valence-electron chi connectivity index (χ4n) is 2.16. The lowest BCUT2D eigenvalue weighted by Gasteiger charge is -2.17. The largest absolute Gasteiger partial charge is 0.396 e. The molecule has 1 fully saturated rings. The quantitative estimate of drug-likeness (QED) is 0.878. The molecular formula is C15H20N2O3. The summed E-state index contributed by atoms with van der Waals surface area (Å²) in [5, 5.41) is 11.9. The van der Waals surface area contributed by atoms with Crippen molar-refractivity contribution >= 4 is 23.2 Å². The third-order valence-electron chi connectivity index (χ3n) is 3.43. The Morgan fingerprint density at radius 1 is 1.40 bits per heavy atom. The van der Waals surface area contributed by atoms with Crippen molar-refractivity contribution in [3.63, 3.8) is 0 Å². The van der Waals surface area contributed by atoms with Crippen LogP contribution in [0.3, 0.4) is 0 Å². The normalized spacial score (nSPS) is 18.7. The van der Waals surface area contributed by atoms with Crippen LogP contribution < -0.4 is 10.2 Å². The summed E-state index contributed by atoms with van der Waals surface area (Å²) in [6.45, 7) is 4.25. The highest BCUT2D eigenvalue weighted by Gasteiger charge is 2.29. The number of aliphatic hydroxyl groups excluding tert-OH is 1. The Hall–Kier alpha value is -1.88. The standard InChI is InChI=1S/C15H20N2O3/c1-10(2)15(20)16-12-3-5-13(6-4-12)17-8-11(9-18)7-14(17)19/h3-6,10-11,18H,7-9H2,1-2H3,(H,16,20). The Morgan fingerprint density at radius 3 is 2.55 bits per heavy atom. The number of hydrogen-bond donors (Lipinski definition) is 2. The van der Waals surface area contributed by atoms with Crippen molar-refractivity contribution in [3.8, 4) is 0 Å². The summed E-state index contributed by atoms with van der Waals surface area (Å²) in [6.07, 6.45) is 0.391. The van der Waals surface area contributed by atoms with Gasteiger partial charge < -0.3 is 15.3 Å². The average molecular weight is 276 g/mol. The fourth-order valence-corrected chi connectivity index (χ4v) is 2.16. The van der Waals surface area contributed by atoms with E-state index < -0.39 is 0 Å². The molecule has 1 aromatic carbocycles. The maximum Gasteiger partial charge on any atom is 0.227 e. The molecule has 1 aliphatic heterocycles. The van der Waals surface area contributed by atoms with Crippen LogP contribution in [0.25, 0.3) is 0 Å². The Kier molecular flexibility index (Phi) is 4.39. The van der Waals surface area contributed by atoms with E-state index in [1.54, 1.807) is 17.0 Å². The first-order chi connectivity index (χ1) is 9.51. The number of rotatable bonds is 4. The number of carbonyl (C=O) groups is 2. The summed E-state index contributed by atoms with van der Waals surface area (Å²) in [7, 11) is 0. The Morgan fingerprint density at radius 2 is 2.05 bits per heavy atom. The molecule has 1 heterocycles. The van der Waals surface area contributed by atoms with Crippen molar-refractivity contribution in [3.05, 3.63) is 24.3 Å². The number of amides is 2. The van der Waals surface area contributed by atoms with Crippen LogP contribution in [-0.2, 0) is 9.59 Å². The van der Waals surface area contributed by atoms with Crippen molar-refractivity contribution < 1.29 is 14.7 Å². The minimum atomic E-state index is -0.0693. The molecule has 1 aromatic rings. The monoisotopic (exact) mass is 276 g/mol. The molecule has 0 spiro atoms. The number of nitrogens with one attached hydrogen (secondary N) is 1. The second-order valence-corrected chi connectivity index (χ2v) is 5.45. The third kappa shape index (κ3) is 3.17. The first-order valence-corrected chi connectivity index (χ1v) is 6.83. The summed E-state index contributed by atoms with van der Waals surface area (Å²) in [6, 6.07) is 7.20. The Balaban J connectivity index is 2.05. The van der Waals surface area contributed by atoms with Gasteiger partial charge in [-0.05, 0) is 24.3 Å². The average Bonchev–Trinajstić information content (AvgIpc) is 2.81. The maximum absolute atomic E-state index is 11.8. The lowest BCUT2D eigenvalue weighted by atomic mass is 10.1. The van der Waals surface area contributed by atoms with Crippen LogP contribution in [0.1, 0.15) is 20.3 Å². The van der Waals surface area contributed by atoms with Crippen LogP contribution in [0, 0.1) is 11.8 Å². The molecule has 5 heteroatoms. The van der Waals surface area contributed by atoms with Crippen molar-refractivity contribution in [1.82, 2.24) is 0 Å². The lowest BCUT2D eigenvalue weighted by molar-refractivity contribution is -0.119. The molecule has 20 heavy (non-hydrogen) atoms. The van der Waals surface area contributed by atoms with Gasteiger partial charge in [0, 0.05) is 42.8 Å². The molecule has 2 rings (SSSR count). The van der Waals surface area contributed by atoms with Crippen LogP contribution in [-0.4, -0.2) is 30.1 Å². The van der Waals surface area contributed by atoms with Crippen LogP contribution >= 0.6 is 0 Å². The Bertz CT molecular complexity index is 496. The van der Waals surface area contributed by atoms with Crippen LogP contribution in [0.5, 0.6) is 0 Å². The summed E-state index contributed by atoms with van der Waals surface area (Å²) < 4.78 is 0. The zero-order chi connectivity index (χ0) is 14.7. The molecule has 1 unspecified atom stereocenters.